The Morgan fingerprint density at radius 1 is 0.373 bits per heavy atom. The van der Waals surface area contributed by atoms with E-state index in [1.165, 1.54) is 9.75 Å². The fourth-order valence-corrected chi connectivity index (χ4v) is 20.5. The molecule has 8 aromatic heterocycles. The maximum absolute atomic E-state index is 13.6. The Balaban J connectivity index is 0.000000131. The van der Waals surface area contributed by atoms with Crippen LogP contribution in [-0.2, 0) is 80.3 Å². The molecule has 8 aromatic carbocycles. The standard InChI is InChI=1S/2C30H34N4O4S.2C25H26N4O2S/c1-30(2,3)38-29(36)32-24-8-7-22(28-5-4-16-39-28)17-23(24)19-27(35)21-6-9-25-26(18-21)34(20-31-25)11-10-33-12-14-37-15-13-33;1-30(2,3)38-29(36)32-24-8-6-22(28-5-4-16-39-28)17-23(24)19-27(35)21-7-9-26-25(18-21)31-20-34(26)11-10-33-12-14-37-15-13-33;26-21-5-3-19(25-2-1-13-32-25)14-20(21)16-24(30)18-4-6-23-22(15-18)27-17-29(23)8-7-28-9-11-31-12-10-28;26-21-5-3-19(25-2-1-13-32-25)14-20(21)16-24(30)18-4-6-22-23(15-18)29(17-27-22)8-7-28-9-11-31-12-10-28/h2*4-9,16-18,20H,10-15,19H2,1-3H3,(H,32,36);2*1-6,13-15,17H,7-12,16,26H2/p+2. The van der Waals surface area contributed by atoms with Gasteiger partial charge in [0.25, 0.3) is 0 Å². The third kappa shape index (κ3) is 27.0. The van der Waals surface area contributed by atoms with Gasteiger partial charge in [0.1, 0.15) is 24.3 Å². The number of anilines is 4. The molecule has 0 unspecified atom stereocenters. The third-order valence-electron chi connectivity index (χ3n) is 25.3. The molecule has 16 aromatic rings. The Bertz CT molecular complexity index is 7010. The second-order valence-electron chi connectivity index (χ2n) is 37.6. The van der Waals surface area contributed by atoms with Crippen LogP contribution < -0.4 is 31.2 Å². The lowest BCUT2D eigenvalue weighted by Crippen LogP contribution is -2.44. The van der Waals surface area contributed by atoms with Crippen LogP contribution in [0.15, 0.2) is 241 Å². The van der Waals surface area contributed by atoms with Crippen molar-refractivity contribution in [1.82, 2.24) is 48.7 Å². The number of carbonyl (C=O) groups is 6. The van der Waals surface area contributed by atoms with E-state index in [-0.39, 0.29) is 48.8 Å². The van der Waals surface area contributed by atoms with Crippen LogP contribution in [-0.4, -0.2) is 227 Å². The molecule has 0 spiro atoms. The molecule has 0 saturated carbocycles. The Kier molecular flexibility index (Phi) is 33.4. The number of benzene rings is 8. The van der Waals surface area contributed by atoms with Crippen molar-refractivity contribution in [2.24, 2.45) is 0 Å². The quantitative estimate of drug-likeness (QED) is 0.0138. The van der Waals surface area contributed by atoms with E-state index in [9.17, 15) is 28.8 Å². The Labute approximate surface area is 842 Å². The molecule has 4 aliphatic rings. The zero-order chi connectivity index (χ0) is 98.6. The molecular weight excluding hydrogens is 1870 g/mol. The van der Waals surface area contributed by atoms with Gasteiger partial charge in [-0.1, -0.05) is 48.5 Å². The molecule has 32 heteroatoms. The minimum atomic E-state index is -0.628. The summed E-state index contributed by atoms with van der Waals surface area (Å²) in [5, 5.41) is 13.8. The van der Waals surface area contributed by atoms with Gasteiger partial charge < -0.3 is 49.0 Å². The number of Topliss-reactive ketones (excluding diaryl/α,β-unsaturated/α-hetero) is 4. The fourth-order valence-electron chi connectivity index (χ4n) is 17.6. The molecule has 4 aliphatic heterocycles. The van der Waals surface area contributed by atoms with Gasteiger partial charge in [-0.05, 0) is 241 Å². The number of hydrogen-bond acceptors (Lipinski definition) is 24. The summed E-state index contributed by atoms with van der Waals surface area (Å²) in [6, 6.07) is 62.8. The number of morpholine rings is 4. The molecule has 0 aliphatic carbocycles. The van der Waals surface area contributed by atoms with Gasteiger partial charge in [-0.15, -0.1) is 45.3 Å². The molecule has 8 N–H and O–H groups in total. The second-order valence-corrected chi connectivity index (χ2v) is 41.4. The number of H-pyrrole nitrogens is 2. The van der Waals surface area contributed by atoms with Crippen molar-refractivity contribution in [3.8, 4) is 41.8 Å². The smallest absolute Gasteiger partial charge is 0.412 e. The van der Waals surface area contributed by atoms with Crippen LogP contribution in [0.1, 0.15) is 105 Å². The van der Waals surface area contributed by atoms with Gasteiger partial charge in [-0.3, -0.25) is 49.4 Å². The highest BCUT2D eigenvalue weighted by Crippen LogP contribution is 2.36. The third-order valence-corrected chi connectivity index (χ3v) is 29.0. The summed E-state index contributed by atoms with van der Waals surface area (Å²) in [5.41, 5.74) is 31.3. The lowest BCUT2D eigenvalue weighted by Gasteiger charge is -2.26. The largest absolute Gasteiger partial charge is 0.444 e. The van der Waals surface area contributed by atoms with Crippen LogP contribution in [0, 0.1) is 0 Å². The number of ketones is 4. The van der Waals surface area contributed by atoms with Crippen LogP contribution in [0.5, 0.6) is 0 Å². The van der Waals surface area contributed by atoms with E-state index in [4.69, 9.17) is 39.9 Å². The molecule has 0 atom stereocenters. The molecule has 12 heterocycles. The molecule has 142 heavy (non-hydrogen) atoms. The number of aromatic amines is 2. The van der Waals surface area contributed by atoms with E-state index in [0.29, 0.717) is 45.0 Å². The van der Waals surface area contributed by atoms with E-state index < -0.39 is 23.4 Å². The molecule has 0 radical (unpaired) electrons. The van der Waals surface area contributed by atoms with Crippen molar-refractivity contribution in [3.05, 3.63) is 285 Å². The Morgan fingerprint density at radius 3 is 1.01 bits per heavy atom. The minimum Gasteiger partial charge on any atom is -0.444 e. The van der Waals surface area contributed by atoms with Gasteiger partial charge in [0.2, 0.25) is 12.7 Å². The maximum Gasteiger partial charge on any atom is 0.412 e. The SMILES string of the molecule is CC(C)(C)OC(=O)Nc1ccc(-c2cccs2)cc1CC(=O)c1ccc2c(c1)[nH]c[n+]2CCN1CCOCC1.CC(C)(C)OC(=O)Nc1ccc(-c2cccs2)cc1CC(=O)c1ccc2ncn(CCN3CCOCC3)c2c1.Nc1ccc(-c2cccs2)cc1CC(=O)c1ccc2c(c1)[nH]c[n+]2CCN1CCOCC1.Nc1ccc(-c2cccs2)cc1CC(=O)c1ccc2ncn(CCN3CCOCC3)c2c1. The lowest BCUT2D eigenvalue weighted by molar-refractivity contribution is -0.671. The normalized spacial score (nSPS) is 14.6. The van der Waals surface area contributed by atoms with Crippen molar-refractivity contribution in [2.75, 3.05) is 153 Å². The highest BCUT2D eigenvalue weighted by Gasteiger charge is 2.27. The Hall–Kier alpha value is -13.1. The first-order valence-corrected chi connectivity index (χ1v) is 51.8. The molecule has 0 bridgehead atoms. The van der Waals surface area contributed by atoms with Gasteiger partial charge in [-0.2, -0.15) is 0 Å². The minimum absolute atomic E-state index is 0.0260. The van der Waals surface area contributed by atoms with Gasteiger partial charge in [0, 0.05) is 194 Å². The average Bonchev–Trinajstić information content (AvgIpc) is 1.50. The van der Waals surface area contributed by atoms with Crippen molar-refractivity contribution in [3.63, 3.8) is 0 Å². The number of aromatic nitrogens is 8. The van der Waals surface area contributed by atoms with Crippen molar-refractivity contribution in [1.29, 1.82) is 0 Å². The van der Waals surface area contributed by atoms with Crippen LogP contribution in [0.25, 0.3) is 85.9 Å². The zero-order valence-corrected chi connectivity index (χ0v) is 84.3. The summed E-state index contributed by atoms with van der Waals surface area (Å²) >= 11 is 6.62. The van der Waals surface area contributed by atoms with E-state index >= 15 is 0 Å². The zero-order valence-electron chi connectivity index (χ0n) is 81.1. The summed E-state index contributed by atoms with van der Waals surface area (Å²) in [4.78, 5) is 108. The topological polar surface area (TPSA) is 322 Å². The molecule has 28 nitrogen and oxygen atoms in total. The van der Waals surface area contributed by atoms with Crippen molar-refractivity contribution in [2.45, 2.75) is 105 Å². The predicted octanol–water partition coefficient (Wildman–Crippen LogP) is 18.8. The van der Waals surface area contributed by atoms with E-state index in [1.807, 2.05) is 265 Å². The first-order chi connectivity index (χ1) is 68.8. The molecule has 4 fully saturated rings. The number of nitrogens with one attached hydrogen (secondary N) is 4. The predicted molar refractivity (Wildman–Crippen MR) is 565 cm³/mol. The number of amides is 2. The second kappa shape index (κ2) is 47.2. The number of hydrogen-bond donors (Lipinski definition) is 6. The monoisotopic (exact) mass is 1990 g/mol. The summed E-state index contributed by atoms with van der Waals surface area (Å²) in [7, 11) is 0. The summed E-state index contributed by atoms with van der Waals surface area (Å²) in [5.74, 6) is 0.0644. The van der Waals surface area contributed by atoms with Crippen molar-refractivity contribution >= 4 is 148 Å². The van der Waals surface area contributed by atoms with Crippen molar-refractivity contribution < 1.29 is 66.3 Å². The Morgan fingerprint density at radius 2 is 0.683 bits per heavy atom. The highest BCUT2D eigenvalue weighted by atomic mass is 32.1. The number of nitrogens with zero attached hydrogens (tertiary/aromatic N) is 10. The highest BCUT2D eigenvalue weighted by molar-refractivity contribution is 7.14. The summed E-state index contributed by atoms with van der Waals surface area (Å²) in [6.07, 6.45) is 7.40. The number of fused-ring (bicyclic) bond motifs is 4. The lowest BCUT2D eigenvalue weighted by atomic mass is 9.99. The number of nitrogens with two attached hydrogens (primary N) is 2. The first kappa shape index (κ1) is 100. The number of ether oxygens (including phenoxy) is 6. The maximum atomic E-state index is 13.6. The van der Waals surface area contributed by atoms with Gasteiger partial charge in [-0.25, -0.2) is 38.7 Å². The van der Waals surface area contributed by atoms with Crippen LogP contribution >= 0.6 is 45.3 Å². The number of thiophene rings is 4. The molecule has 2 amide bonds. The molecular formula is C110H122N16O12S4+2. The van der Waals surface area contributed by atoms with Crippen LogP contribution in [0.3, 0.4) is 0 Å². The molecule has 20 rings (SSSR count). The van der Waals surface area contributed by atoms with Gasteiger partial charge in [0.05, 0.1) is 87.6 Å². The number of nitrogen functional groups attached to an aromatic ring is 2. The van der Waals surface area contributed by atoms with Crippen LogP contribution in [0.4, 0.5) is 32.3 Å². The van der Waals surface area contributed by atoms with Gasteiger partial charge in [0.15, 0.2) is 45.2 Å². The average molecular weight is 1990 g/mol. The number of imidazole rings is 4. The van der Waals surface area contributed by atoms with Crippen LogP contribution in [0.2, 0.25) is 0 Å². The first-order valence-electron chi connectivity index (χ1n) is 48.3. The van der Waals surface area contributed by atoms with E-state index in [1.54, 1.807) is 45.3 Å². The van der Waals surface area contributed by atoms with E-state index in [0.717, 1.165) is 256 Å². The summed E-state index contributed by atoms with van der Waals surface area (Å²) < 4.78 is 41.3. The fraction of sp³-hybridized carbons (Fsp3) is 0.327. The summed E-state index contributed by atoms with van der Waals surface area (Å²) in [6.45, 7) is 32.1. The van der Waals surface area contributed by atoms with E-state index in [2.05, 4.69) is 86.0 Å². The molecule has 4 saturated heterocycles. The number of carbonyl (C=O) groups excluding carboxylic acids is 6. The number of rotatable bonds is 30. The van der Waals surface area contributed by atoms with Gasteiger partial charge >= 0.3 is 12.2 Å². The molecule has 736 valence electrons.